The van der Waals surface area contributed by atoms with Crippen molar-refractivity contribution in [1.82, 2.24) is 10.2 Å². The largest absolute Gasteiger partial charge is 0.381 e. The van der Waals surface area contributed by atoms with E-state index in [2.05, 4.69) is 22.3 Å². The SMILES string of the molecule is CN=C(NCCc1ccccc1F)N(C)CCC1CCOCC1.I. The minimum Gasteiger partial charge on any atom is -0.381 e. The summed E-state index contributed by atoms with van der Waals surface area (Å²) in [4.78, 5) is 6.47. The summed E-state index contributed by atoms with van der Waals surface area (Å²) in [6.07, 6.45) is 4.13. The Kier molecular flexibility index (Phi) is 10.2. The Morgan fingerprint density at radius 1 is 1.33 bits per heavy atom. The highest BCUT2D eigenvalue weighted by molar-refractivity contribution is 14.0. The first-order valence-corrected chi connectivity index (χ1v) is 8.43. The van der Waals surface area contributed by atoms with Crippen LogP contribution in [0.1, 0.15) is 24.8 Å². The van der Waals surface area contributed by atoms with Gasteiger partial charge in [-0.25, -0.2) is 4.39 Å². The van der Waals surface area contributed by atoms with Gasteiger partial charge < -0.3 is 15.0 Å². The van der Waals surface area contributed by atoms with Crippen LogP contribution in [-0.2, 0) is 11.2 Å². The van der Waals surface area contributed by atoms with Gasteiger partial charge in [0, 0.05) is 40.4 Å². The van der Waals surface area contributed by atoms with Crippen LogP contribution in [0.25, 0.3) is 0 Å². The Bertz CT molecular complexity index is 507. The van der Waals surface area contributed by atoms with Crippen molar-refractivity contribution in [1.29, 1.82) is 0 Å². The molecule has 0 spiro atoms. The predicted octanol–water partition coefficient (Wildman–Crippen LogP) is 3.31. The third-order valence-electron chi connectivity index (χ3n) is 4.42. The zero-order valence-electron chi connectivity index (χ0n) is 14.6. The molecule has 4 nitrogen and oxygen atoms in total. The van der Waals surface area contributed by atoms with E-state index in [1.54, 1.807) is 13.1 Å². The van der Waals surface area contributed by atoms with E-state index in [0.29, 0.717) is 13.0 Å². The summed E-state index contributed by atoms with van der Waals surface area (Å²) < 4.78 is 19.0. The van der Waals surface area contributed by atoms with Gasteiger partial charge in [-0.1, -0.05) is 18.2 Å². The molecule has 0 atom stereocenters. The molecule has 1 heterocycles. The molecule has 0 aromatic heterocycles. The van der Waals surface area contributed by atoms with E-state index in [-0.39, 0.29) is 29.8 Å². The molecule has 1 saturated heterocycles. The number of nitrogens with zero attached hydrogens (tertiary/aromatic N) is 2. The molecule has 1 aromatic carbocycles. The number of halogens is 2. The van der Waals surface area contributed by atoms with Crippen molar-refractivity contribution in [3.63, 3.8) is 0 Å². The second-order valence-corrected chi connectivity index (χ2v) is 6.08. The van der Waals surface area contributed by atoms with Crippen LogP contribution in [0, 0.1) is 11.7 Å². The molecule has 0 radical (unpaired) electrons. The Morgan fingerprint density at radius 2 is 2.04 bits per heavy atom. The van der Waals surface area contributed by atoms with E-state index in [1.807, 2.05) is 12.1 Å². The number of nitrogens with one attached hydrogen (secondary N) is 1. The third kappa shape index (κ3) is 6.93. The second kappa shape index (κ2) is 11.6. The maximum absolute atomic E-state index is 13.6. The Balaban J connectivity index is 0.00000288. The number of hydrogen-bond acceptors (Lipinski definition) is 2. The van der Waals surface area contributed by atoms with Crippen molar-refractivity contribution in [3.8, 4) is 0 Å². The van der Waals surface area contributed by atoms with Gasteiger partial charge in [0.1, 0.15) is 5.82 Å². The Labute approximate surface area is 161 Å². The van der Waals surface area contributed by atoms with Crippen molar-refractivity contribution in [2.45, 2.75) is 25.7 Å². The van der Waals surface area contributed by atoms with Gasteiger partial charge in [-0.2, -0.15) is 0 Å². The smallest absolute Gasteiger partial charge is 0.193 e. The lowest BCUT2D eigenvalue weighted by atomic mass is 9.96. The predicted molar refractivity (Wildman–Crippen MR) is 108 cm³/mol. The quantitative estimate of drug-likeness (QED) is 0.412. The average molecular weight is 449 g/mol. The number of rotatable bonds is 6. The summed E-state index contributed by atoms with van der Waals surface area (Å²) in [6, 6.07) is 6.92. The molecule has 136 valence electrons. The molecule has 1 aliphatic heterocycles. The summed E-state index contributed by atoms with van der Waals surface area (Å²) in [6.45, 7) is 3.44. The van der Waals surface area contributed by atoms with E-state index < -0.39 is 0 Å². The van der Waals surface area contributed by atoms with Gasteiger partial charge in [0.15, 0.2) is 5.96 Å². The molecule has 0 saturated carbocycles. The maximum atomic E-state index is 13.6. The van der Waals surface area contributed by atoms with Crippen LogP contribution in [0.3, 0.4) is 0 Å². The molecule has 1 aliphatic rings. The van der Waals surface area contributed by atoms with Crippen LogP contribution in [0.15, 0.2) is 29.3 Å². The van der Waals surface area contributed by atoms with Crippen molar-refractivity contribution < 1.29 is 9.13 Å². The molecule has 0 bridgehead atoms. The fraction of sp³-hybridized carbons (Fsp3) is 0.611. The van der Waals surface area contributed by atoms with Crippen LogP contribution in [0.4, 0.5) is 4.39 Å². The van der Waals surface area contributed by atoms with E-state index >= 15 is 0 Å². The highest BCUT2D eigenvalue weighted by Gasteiger charge is 2.15. The van der Waals surface area contributed by atoms with Crippen LogP contribution >= 0.6 is 24.0 Å². The van der Waals surface area contributed by atoms with Crippen molar-refractivity contribution in [2.24, 2.45) is 10.9 Å². The highest BCUT2D eigenvalue weighted by Crippen LogP contribution is 2.18. The maximum Gasteiger partial charge on any atom is 0.193 e. The summed E-state index contributed by atoms with van der Waals surface area (Å²) in [5.41, 5.74) is 0.736. The number of benzene rings is 1. The molecule has 0 amide bonds. The van der Waals surface area contributed by atoms with Crippen molar-refractivity contribution in [2.75, 3.05) is 40.4 Å². The van der Waals surface area contributed by atoms with E-state index in [0.717, 1.165) is 56.5 Å². The average Bonchev–Trinajstić information content (AvgIpc) is 2.59. The van der Waals surface area contributed by atoms with Crippen LogP contribution in [0.2, 0.25) is 0 Å². The fourth-order valence-corrected chi connectivity index (χ4v) is 2.91. The van der Waals surface area contributed by atoms with Gasteiger partial charge in [-0.05, 0) is 43.2 Å². The third-order valence-corrected chi connectivity index (χ3v) is 4.42. The topological polar surface area (TPSA) is 36.9 Å². The lowest BCUT2D eigenvalue weighted by Crippen LogP contribution is -2.40. The van der Waals surface area contributed by atoms with Gasteiger partial charge in [0.25, 0.3) is 0 Å². The van der Waals surface area contributed by atoms with Crippen molar-refractivity contribution in [3.05, 3.63) is 35.6 Å². The fourth-order valence-electron chi connectivity index (χ4n) is 2.91. The molecule has 2 rings (SSSR count). The summed E-state index contributed by atoms with van der Waals surface area (Å²) in [5.74, 6) is 1.48. The number of aliphatic imine (C=N–C) groups is 1. The molecule has 0 unspecified atom stereocenters. The number of guanidine groups is 1. The first-order valence-electron chi connectivity index (χ1n) is 8.43. The lowest BCUT2D eigenvalue weighted by molar-refractivity contribution is 0.0625. The van der Waals surface area contributed by atoms with E-state index in [1.165, 1.54) is 6.07 Å². The number of hydrogen-bond donors (Lipinski definition) is 1. The summed E-state index contributed by atoms with van der Waals surface area (Å²) >= 11 is 0. The molecule has 0 aliphatic carbocycles. The first kappa shape index (κ1) is 21.2. The summed E-state index contributed by atoms with van der Waals surface area (Å²) in [7, 11) is 3.84. The molecule has 1 fully saturated rings. The van der Waals surface area contributed by atoms with Crippen LogP contribution in [0.5, 0.6) is 0 Å². The minimum absolute atomic E-state index is 0. The Hall–Kier alpha value is -0.890. The molecular weight excluding hydrogens is 420 g/mol. The zero-order valence-corrected chi connectivity index (χ0v) is 17.0. The summed E-state index contributed by atoms with van der Waals surface area (Å²) in [5, 5.41) is 3.32. The monoisotopic (exact) mass is 449 g/mol. The zero-order chi connectivity index (χ0) is 16.5. The Morgan fingerprint density at radius 3 is 2.71 bits per heavy atom. The van der Waals surface area contributed by atoms with Gasteiger partial charge in [0.2, 0.25) is 0 Å². The normalized spacial score (nSPS) is 15.7. The molecule has 24 heavy (non-hydrogen) atoms. The molecule has 1 N–H and O–H groups in total. The van der Waals surface area contributed by atoms with Gasteiger partial charge in [-0.15, -0.1) is 24.0 Å². The van der Waals surface area contributed by atoms with Gasteiger partial charge >= 0.3 is 0 Å². The van der Waals surface area contributed by atoms with Crippen LogP contribution in [-0.4, -0.2) is 51.3 Å². The second-order valence-electron chi connectivity index (χ2n) is 6.08. The molecular formula is C18H29FIN3O. The van der Waals surface area contributed by atoms with Crippen LogP contribution < -0.4 is 5.32 Å². The van der Waals surface area contributed by atoms with E-state index in [9.17, 15) is 4.39 Å². The van der Waals surface area contributed by atoms with Crippen molar-refractivity contribution >= 4 is 29.9 Å². The molecule has 6 heteroatoms. The van der Waals surface area contributed by atoms with E-state index in [4.69, 9.17) is 4.74 Å². The number of ether oxygens (including phenoxy) is 1. The molecule has 1 aromatic rings. The minimum atomic E-state index is -0.142. The van der Waals surface area contributed by atoms with Gasteiger partial charge in [0.05, 0.1) is 0 Å². The van der Waals surface area contributed by atoms with Gasteiger partial charge in [-0.3, -0.25) is 4.99 Å². The highest BCUT2D eigenvalue weighted by atomic mass is 127. The first-order chi connectivity index (χ1) is 11.2. The lowest BCUT2D eigenvalue weighted by Gasteiger charge is -2.26. The standard InChI is InChI=1S/C18H28FN3O.HI/c1-20-18(21-11-7-16-5-3-4-6-17(16)19)22(2)12-8-15-9-13-23-14-10-15;/h3-6,15H,7-14H2,1-2H3,(H,20,21);1H.